The van der Waals surface area contributed by atoms with E-state index in [1.807, 2.05) is 6.92 Å². The lowest BCUT2D eigenvalue weighted by Gasteiger charge is -2.12. The Morgan fingerprint density at radius 3 is 2.31 bits per heavy atom. The van der Waals surface area contributed by atoms with Gasteiger partial charge >= 0.3 is 0 Å². The summed E-state index contributed by atoms with van der Waals surface area (Å²) in [5, 5.41) is 2.49. The summed E-state index contributed by atoms with van der Waals surface area (Å²) in [6.07, 6.45) is 0.579. The number of nitrogens with one attached hydrogen (secondary N) is 1. The lowest BCUT2D eigenvalue weighted by molar-refractivity contribution is -0.128. The highest BCUT2D eigenvalue weighted by molar-refractivity contribution is 5.85. The Balaban J connectivity index is 4.26. The van der Waals surface area contributed by atoms with Gasteiger partial charge in [0, 0.05) is 13.5 Å². The van der Waals surface area contributed by atoms with Crippen LogP contribution in [0.25, 0.3) is 0 Å². The fourth-order valence-corrected chi connectivity index (χ4v) is 1.13. The Labute approximate surface area is 78.2 Å². The van der Waals surface area contributed by atoms with Crippen molar-refractivity contribution < 1.29 is 9.59 Å². The molecule has 0 heterocycles. The topological polar surface area (TPSA) is 72.2 Å². The molecule has 1 unspecified atom stereocenters. The fraction of sp³-hybridized carbons (Fsp3) is 0.556. The Kier molecular flexibility index (Phi) is 4.80. The summed E-state index contributed by atoms with van der Waals surface area (Å²) in [6.45, 7) is 5.50. The lowest BCUT2D eigenvalue weighted by atomic mass is 9.96. The van der Waals surface area contributed by atoms with Crippen molar-refractivity contribution in [1.82, 2.24) is 5.32 Å². The van der Waals surface area contributed by atoms with E-state index >= 15 is 0 Å². The molecule has 2 amide bonds. The third-order valence-electron chi connectivity index (χ3n) is 1.66. The number of amides is 2. The molecule has 0 aromatic rings. The molecule has 1 atom stereocenters. The normalized spacial score (nSPS) is 11.8. The zero-order chi connectivity index (χ0) is 10.4. The molecule has 0 fully saturated rings. The summed E-state index contributed by atoms with van der Waals surface area (Å²) in [4.78, 5) is 21.8. The van der Waals surface area contributed by atoms with Gasteiger partial charge in [0.05, 0.1) is 5.92 Å². The Morgan fingerprint density at radius 2 is 2.00 bits per heavy atom. The predicted octanol–water partition coefficient (Wildman–Crippen LogP) is 0.190. The first-order chi connectivity index (χ1) is 5.97. The third kappa shape index (κ3) is 5.00. The SMILES string of the molecule is C=C(C)CC(CC(N)=O)C(=O)NC. The monoisotopic (exact) mass is 184 g/mol. The van der Waals surface area contributed by atoms with E-state index in [1.54, 1.807) is 0 Å². The van der Waals surface area contributed by atoms with Crippen LogP contribution in [0.3, 0.4) is 0 Å². The predicted molar refractivity (Wildman–Crippen MR) is 50.8 cm³/mol. The molecule has 0 bridgehead atoms. The van der Waals surface area contributed by atoms with Crippen LogP contribution in [0.2, 0.25) is 0 Å². The molecule has 0 aliphatic rings. The maximum Gasteiger partial charge on any atom is 0.223 e. The Hall–Kier alpha value is -1.32. The van der Waals surface area contributed by atoms with E-state index in [0.717, 1.165) is 5.57 Å². The van der Waals surface area contributed by atoms with E-state index in [0.29, 0.717) is 6.42 Å². The van der Waals surface area contributed by atoms with Gasteiger partial charge in [0.1, 0.15) is 0 Å². The van der Waals surface area contributed by atoms with Crippen LogP contribution in [0, 0.1) is 5.92 Å². The van der Waals surface area contributed by atoms with Gasteiger partial charge in [-0.2, -0.15) is 0 Å². The summed E-state index contributed by atoms with van der Waals surface area (Å²) < 4.78 is 0. The van der Waals surface area contributed by atoms with Crippen LogP contribution in [0.5, 0.6) is 0 Å². The van der Waals surface area contributed by atoms with Crippen molar-refractivity contribution in [3.63, 3.8) is 0 Å². The smallest absolute Gasteiger partial charge is 0.223 e. The van der Waals surface area contributed by atoms with Gasteiger partial charge in [-0.1, -0.05) is 5.57 Å². The second-order valence-electron chi connectivity index (χ2n) is 3.14. The quantitative estimate of drug-likeness (QED) is 0.599. The largest absolute Gasteiger partial charge is 0.370 e. The molecule has 4 nitrogen and oxygen atoms in total. The van der Waals surface area contributed by atoms with E-state index in [9.17, 15) is 9.59 Å². The number of primary amides is 1. The lowest BCUT2D eigenvalue weighted by Crippen LogP contribution is -2.31. The number of hydrogen-bond acceptors (Lipinski definition) is 2. The maximum absolute atomic E-state index is 11.2. The molecule has 0 saturated carbocycles. The highest BCUT2D eigenvalue weighted by Gasteiger charge is 2.19. The second kappa shape index (κ2) is 5.35. The summed E-state index contributed by atoms with van der Waals surface area (Å²) in [5.74, 6) is -1.00. The Morgan fingerprint density at radius 1 is 1.46 bits per heavy atom. The summed E-state index contributed by atoms with van der Waals surface area (Å²) in [5.41, 5.74) is 5.88. The molecule has 4 heteroatoms. The van der Waals surface area contributed by atoms with Gasteiger partial charge in [-0.05, 0) is 13.3 Å². The van der Waals surface area contributed by atoms with Gasteiger partial charge in [-0.3, -0.25) is 9.59 Å². The standard InChI is InChI=1S/C9H16N2O2/c1-6(2)4-7(5-8(10)12)9(13)11-3/h7H,1,4-5H2,2-3H3,(H2,10,12)(H,11,13). The molecule has 0 aliphatic carbocycles. The van der Waals surface area contributed by atoms with Crippen LogP contribution in [0.1, 0.15) is 19.8 Å². The molecule has 13 heavy (non-hydrogen) atoms. The van der Waals surface area contributed by atoms with Crippen LogP contribution < -0.4 is 11.1 Å². The molecule has 0 rings (SSSR count). The molecule has 0 aromatic heterocycles. The van der Waals surface area contributed by atoms with Crippen molar-refractivity contribution in [2.45, 2.75) is 19.8 Å². The van der Waals surface area contributed by atoms with E-state index in [2.05, 4.69) is 11.9 Å². The van der Waals surface area contributed by atoms with Crippen LogP contribution in [0.15, 0.2) is 12.2 Å². The van der Waals surface area contributed by atoms with Crippen molar-refractivity contribution in [2.75, 3.05) is 7.05 Å². The number of carbonyl (C=O) groups excluding carboxylic acids is 2. The molecular formula is C9H16N2O2. The highest BCUT2D eigenvalue weighted by Crippen LogP contribution is 2.13. The molecule has 0 radical (unpaired) electrons. The molecular weight excluding hydrogens is 168 g/mol. The molecule has 74 valence electrons. The first-order valence-electron chi connectivity index (χ1n) is 4.11. The van der Waals surface area contributed by atoms with Gasteiger partial charge in [-0.15, -0.1) is 6.58 Å². The summed E-state index contributed by atoms with van der Waals surface area (Å²) >= 11 is 0. The zero-order valence-electron chi connectivity index (χ0n) is 8.09. The number of carbonyl (C=O) groups is 2. The molecule has 3 N–H and O–H groups in total. The first-order valence-corrected chi connectivity index (χ1v) is 4.11. The van der Waals surface area contributed by atoms with Crippen molar-refractivity contribution in [2.24, 2.45) is 11.7 Å². The van der Waals surface area contributed by atoms with Crippen molar-refractivity contribution in [1.29, 1.82) is 0 Å². The minimum Gasteiger partial charge on any atom is -0.370 e. The highest BCUT2D eigenvalue weighted by atomic mass is 16.2. The van der Waals surface area contributed by atoms with Crippen molar-refractivity contribution in [3.8, 4) is 0 Å². The van der Waals surface area contributed by atoms with Gasteiger partial charge in [0.2, 0.25) is 11.8 Å². The third-order valence-corrected chi connectivity index (χ3v) is 1.66. The van der Waals surface area contributed by atoms with E-state index in [-0.39, 0.29) is 18.2 Å². The fourth-order valence-electron chi connectivity index (χ4n) is 1.13. The minimum absolute atomic E-state index is 0.0759. The zero-order valence-corrected chi connectivity index (χ0v) is 8.09. The maximum atomic E-state index is 11.2. The molecule has 0 aromatic carbocycles. The molecule has 0 saturated heterocycles. The average molecular weight is 184 g/mol. The minimum atomic E-state index is -0.463. The molecule has 0 spiro atoms. The van der Waals surface area contributed by atoms with Crippen LogP contribution in [-0.4, -0.2) is 18.9 Å². The van der Waals surface area contributed by atoms with Gasteiger partial charge in [-0.25, -0.2) is 0 Å². The van der Waals surface area contributed by atoms with E-state index in [4.69, 9.17) is 5.73 Å². The number of nitrogens with two attached hydrogens (primary N) is 1. The van der Waals surface area contributed by atoms with Gasteiger partial charge in [0.15, 0.2) is 0 Å². The van der Waals surface area contributed by atoms with E-state index < -0.39 is 5.91 Å². The van der Waals surface area contributed by atoms with Crippen LogP contribution >= 0.6 is 0 Å². The number of rotatable bonds is 5. The van der Waals surface area contributed by atoms with E-state index in [1.165, 1.54) is 7.05 Å². The Bertz CT molecular complexity index is 208. The number of hydrogen-bond donors (Lipinski definition) is 2. The van der Waals surface area contributed by atoms with Crippen LogP contribution in [0.4, 0.5) is 0 Å². The van der Waals surface area contributed by atoms with Crippen molar-refractivity contribution in [3.05, 3.63) is 12.2 Å². The van der Waals surface area contributed by atoms with Gasteiger partial charge in [0.25, 0.3) is 0 Å². The first kappa shape index (κ1) is 11.7. The van der Waals surface area contributed by atoms with Crippen molar-refractivity contribution >= 4 is 11.8 Å². The van der Waals surface area contributed by atoms with Gasteiger partial charge < -0.3 is 11.1 Å². The number of allylic oxidation sites excluding steroid dienone is 1. The van der Waals surface area contributed by atoms with Crippen LogP contribution in [-0.2, 0) is 9.59 Å². The summed E-state index contributed by atoms with van der Waals surface area (Å²) in [7, 11) is 1.54. The average Bonchev–Trinajstić information content (AvgIpc) is 2.00. The summed E-state index contributed by atoms with van der Waals surface area (Å²) in [6, 6.07) is 0. The molecule has 0 aliphatic heterocycles. The second-order valence-corrected chi connectivity index (χ2v) is 3.14.